The highest BCUT2D eigenvalue weighted by Crippen LogP contribution is 2.37. The van der Waals surface area contributed by atoms with Crippen molar-refractivity contribution >= 4 is 22.8 Å². The molecule has 1 heterocycles. The molecule has 1 aliphatic rings. The van der Waals surface area contributed by atoms with Gasteiger partial charge in [-0.15, -0.1) is 0 Å². The Morgan fingerprint density at radius 2 is 1.93 bits per heavy atom. The number of primary amides is 1. The predicted molar refractivity (Wildman–Crippen MR) is 111 cm³/mol. The number of carbonyl (C=O) groups excluding carboxylic acids is 2. The number of nitrogens with one attached hydrogen (secondary N) is 1. The summed E-state index contributed by atoms with van der Waals surface area (Å²) in [7, 11) is 0. The number of aromatic hydroxyl groups is 1. The summed E-state index contributed by atoms with van der Waals surface area (Å²) in [5.41, 5.74) is 7.28. The molecule has 6 heteroatoms. The van der Waals surface area contributed by atoms with Gasteiger partial charge >= 0.3 is 6.03 Å². The van der Waals surface area contributed by atoms with Crippen molar-refractivity contribution in [3.05, 3.63) is 29.3 Å². The number of amides is 2. The summed E-state index contributed by atoms with van der Waals surface area (Å²) in [5.74, 6) is -0.300. The van der Waals surface area contributed by atoms with Crippen LogP contribution in [0.5, 0.6) is 5.88 Å². The van der Waals surface area contributed by atoms with Crippen LogP contribution in [0.25, 0.3) is 10.9 Å². The van der Waals surface area contributed by atoms with Crippen LogP contribution in [0.1, 0.15) is 86.6 Å². The fourth-order valence-electron chi connectivity index (χ4n) is 4.27. The zero-order valence-electron chi connectivity index (χ0n) is 16.7. The van der Waals surface area contributed by atoms with Gasteiger partial charge in [0.25, 0.3) is 5.91 Å². The molecule has 2 amide bonds. The third kappa shape index (κ3) is 4.16. The monoisotopic (exact) mass is 385 g/mol. The molecule has 28 heavy (non-hydrogen) atoms. The van der Waals surface area contributed by atoms with Gasteiger partial charge in [0, 0.05) is 11.9 Å². The highest BCUT2D eigenvalue weighted by Gasteiger charge is 2.26. The highest BCUT2D eigenvalue weighted by molar-refractivity contribution is 6.12. The Hall–Kier alpha value is -2.50. The third-order valence-corrected chi connectivity index (χ3v) is 5.81. The van der Waals surface area contributed by atoms with Crippen LogP contribution in [-0.2, 0) is 0 Å². The van der Waals surface area contributed by atoms with E-state index in [-0.39, 0.29) is 17.4 Å². The highest BCUT2D eigenvalue weighted by atomic mass is 16.3. The van der Waals surface area contributed by atoms with Crippen LogP contribution in [0.2, 0.25) is 0 Å². The summed E-state index contributed by atoms with van der Waals surface area (Å²) < 4.78 is 1.05. The van der Waals surface area contributed by atoms with Crippen LogP contribution < -0.4 is 11.1 Å². The average molecular weight is 386 g/mol. The molecular formula is C22H31N3O3. The minimum atomic E-state index is -0.787. The second-order valence-electron chi connectivity index (χ2n) is 7.80. The Bertz CT molecular complexity index is 850. The van der Waals surface area contributed by atoms with Gasteiger partial charge in [0.1, 0.15) is 5.56 Å². The Balaban J connectivity index is 1.91. The van der Waals surface area contributed by atoms with Gasteiger partial charge in [0.2, 0.25) is 5.88 Å². The molecule has 1 aromatic heterocycles. The van der Waals surface area contributed by atoms with Gasteiger partial charge in [-0.3, -0.25) is 4.79 Å². The molecule has 6 nitrogen and oxygen atoms in total. The minimum Gasteiger partial charge on any atom is -0.494 e. The first kappa shape index (κ1) is 20.2. The number of nitrogens with zero attached hydrogens (tertiary/aromatic N) is 1. The zero-order valence-corrected chi connectivity index (χ0v) is 16.7. The van der Waals surface area contributed by atoms with Gasteiger partial charge in [0.15, 0.2) is 0 Å². The third-order valence-electron chi connectivity index (χ3n) is 5.81. The van der Waals surface area contributed by atoms with Crippen molar-refractivity contribution in [3.63, 3.8) is 0 Å². The number of unbranched alkanes of at least 4 members (excludes halogenated alkanes) is 3. The first-order valence-electron chi connectivity index (χ1n) is 10.5. The van der Waals surface area contributed by atoms with Crippen molar-refractivity contribution in [2.45, 2.75) is 70.6 Å². The minimum absolute atomic E-state index is 0.125. The fraction of sp³-hybridized carbons (Fsp3) is 0.545. The maximum absolute atomic E-state index is 12.7. The average Bonchev–Trinajstić information content (AvgIpc) is 2.99. The number of aromatic nitrogens is 1. The standard InChI is InChI=1S/C22H31N3O3/c1-2-3-4-8-13-24-20(26)19-17-12-11-16(15-9-6-5-7-10-15)14-18(17)25(21(19)27)22(23)28/h11-12,14-15,27H,2-10,13H2,1H3,(H2,23,28)(H,24,26). The van der Waals surface area contributed by atoms with Crippen molar-refractivity contribution in [1.29, 1.82) is 0 Å². The van der Waals surface area contributed by atoms with E-state index in [2.05, 4.69) is 12.2 Å². The lowest BCUT2D eigenvalue weighted by molar-refractivity contribution is 0.0951. The quantitative estimate of drug-likeness (QED) is 0.606. The van der Waals surface area contributed by atoms with Crippen molar-refractivity contribution in [2.24, 2.45) is 5.73 Å². The smallest absolute Gasteiger partial charge is 0.326 e. The van der Waals surface area contributed by atoms with Crippen LogP contribution in [0.4, 0.5) is 4.79 Å². The van der Waals surface area contributed by atoms with E-state index in [1.807, 2.05) is 18.2 Å². The zero-order chi connectivity index (χ0) is 20.1. The molecule has 3 rings (SSSR count). The van der Waals surface area contributed by atoms with Gasteiger partial charge in [-0.25, -0.2) is 9.36 Å². The number of hydrogen-bond donors (Lipinski definition) is 3. The van der Waals surface area contributed by atoms with E-state index in [4.69, 9.17) is 5.73 Å². The van der Waals surface area contributed by atoms with Gasteiger partial charge in [-0.1, -0.05) is 57.6 Å². The first-order valence-corrected chi connectivity index (χ1v) is 10.5. The molecule has 0 bridgehead atoms. The Morgan fingerprint density at radius 1 is 1.18 bits per heavy atom. The lowest BCUT2D eigenvalue weighted by Crippen LogP contribution is -2.25. The predicted octanol–water partition coefficient (Wildman–Crippen LogP) is 4.63. The molecule has 152 valence electrons. The number of carbonyl (C=O) groups is 2. The van der Waals surface area contributed by atoms with E-state index >= 15 is 0 Å². The van der Waals surface area contributed by atoms with Gasteiger partial charge in [-0.2, -0.15) is 0 Å². The summed E-state index contributed by atoms with van der Waals surface area (Å²) in [6.45, 7) is 2.68. The lowest BCUT2D eigenvalue weighted by atomic mass is 9.84. The van der Waals surface area contributed by atoms with Crippen molar-refractivity contribution in [3.8, 4) is 5.88 Å². The summed E-state index contributed by atoms with van der Waals surface area (Å²) in [6.07, 6.45) is 10.1. The van der Waals surface area contributed by atoms with E-state index in [0.29, 0.717) is 23.4 Å². The molecule has 4 N–H and O–H groups in total. The molecule has 1 aromatic carbocycles. The Labute approximate surface area is 166 Å². The number of nitrogens with two attached hydrogens (primary N) is 1. The molecular weight excluding hydrogens is 354 g/mol. The van der Waals surface area contributed by atoms with Crippen molar-refractivity contribution in [1.82, 2.24) is 9.88 Å². The number of benzene rings is 1. The van der Waals surface area contributed by atoms with E-state index in [1.165, 1.54) is 19.3 Å². The van der Waals surface area contributed by atoms with Crippen molar-refractivity contribution in [2.75, 3.05) is 6.54 Å². The number of rotatable bonds is 7. The van der Waals surface area contributed by atoms with Crippen LogP contribution in [0, 0.1) is 0 Å². The summed E-state index contributed by atoms with van der Waals surface area (Å²) in [4.78, 5) is 24.7. The SMILES string of the molecule is CCCCCCNC(=O)c1c(O)n(C(N)=O)c2cc(C3CCCCC3)ccc12. The van der Waals surface area contributed by atoms with E-state index in [9.17, 15) is 14.7 Å². The Morgan fingerprint density at radius 3 is 2.61 bits per heavy atom. The van der Waals surface area contributed by atoms with Crippen LogP contribution in [-0.4, -0.2) is 28.2 Å². The fourth-order valence-corrected chi connectivity index (χ4v) is 4.27. The molecule has 0 unspecified atom stereocenters. The van der Waals surface area contributed by atoms with Gasteiger partial charge in [0.05, 0.1) is 5.52 Å². The molecule has 0 atom stereocenters. The molecule has 0 aliphatic heterocycles. The largest absolute Gasteiger partial charge is 0.494 e. The maximum Gasteiger partial charge on any atom is 0.326 e. The molecule has 0 spiro atoms. The van der Waals surface area contributed by atoms with Gasteiger partial charge in [-0.05, 0) is 36.8 Å². The van der Waals surface area contributed by atoms with E-state index < -0.39 is 6.03 Å². The lowest BCUT2D eigenvalue weighted by Gasteiger charge is -2.22. The molecule has 1 fully saturated rings. The number of fused-ring (bicyclic) bond motifs is 1. The van der Waals surface area contributed by atoms with E-state index in [0.717, 1.165) is 48.7 Å². The molecule has 1 saturated carbocycles. The molecule has 0 saturated heterocycles. The van der Waals surface area contributed by atoms with Crippen LogP contribution in [0.3, 0.4) is 0 Å². The van der Waals surface area contributed by atoms with Crippen LogP contribution >= 0.6 is 0 Å². The Kier molecular flexibility index (Phi) is 6.60. The summed E-state index contributed by atoms with van der Waals surface area (Å²) >= 11 is 0. The van der Waals surface area contributed by atoms with Crippen LogP contribution in [0.15, 0.2) is 18.2 Å². The first-order chi connectivity index (χ1) is 13.5. The normalized spacial score (nSPS) is 15.0. The van der Waals surface area contributed by atoms with Crippen molar-refractivity contribution < 1.29 is 14.7 Å². The summed E-state index contributed by atoms with van der Waals surface area (Å²) in [6, 6.07) is 4.98. The van der Waals surface area contributed by atoms with Gasteiger partial charge < -0.3 is 16.2 Å². The topological polar surface area (TPSA) is 97.3 Å². The summed E-state index contributed by atoms with van der Waals surface area (Å²) in [5, 5.41) is 14.0. The second kappa shape index (κ2) is 9.13. The number of hydrogen-bond acceptors (Lipinski definition) is 3. The second-order valence-corrected chi connectivity index (χ2v) is 7.80. The molecule has 0 radical (unpaired) electrons. The molecule has 1 aliphatic carbocycles. The maximum atomic E-state index is 12.7. The molecule has 2 aromatic rings. The van der Waals surface area contributed by atoms with E-state index in [1.54, 1.807) is 0 Å².